The van der Waals surface area contributed by atoms with Crippen LogP contribution in [0.15, 0.2) is 29.4 Å². The number of phenolic OH excluding ortho intramolecular Hbond substituents is 1. The Hall–Kier alpha value is -2.75. The standard InChI is InChI=1S/C11H11N3O6S/c1-20-9-3-2-6(4-8(9)15)14-21(18,19)10-7(11(16)17)5-12-13-10/h2-5,14-15H,1H3,(H,12,13)(H,16,17). The molecule has 0 bridgehead atoms. The van der Waals surface area contributed by atoms with E-state index in [1.165, 1.54) is 19.2 Å². The number of H-pyrrole nitrogens is 1. The first kappa shape index (κ1) is 14.7. The molecule has 1 aromatic carbocycles. The summed E-state index contributed by atoms with van der Waals surface area (Å²) in [6.45, 7) is 0. The maximum absolute atomic E-state index is 12.1. The Morgan fingerprint density at radius 2 is 2.14 bits per heavy atom. The smallest absolute Gasteiger partial charge is 0.340 e. The molecule has 0 aliphatic carbocycles. The maximum atomic E-state index is 12.1. The van der Waals surface area contributed by atoms with E-state index in [1.54, 1.807) is 0 Å². The topological polar surface area (TPSA) is 142 Å². The lowest BCUT2D eigenvalue weighted by molar-refractivity contribution is 0.0692. The molecule has 4 N–H and O–H groups in total. The molecule has 0 fully saturated rings. The average Bonchev–Trinajstić information content (AvgIpc) is 2.88. The summed E-state index contributed by atoms with van der Waals surface area (Å²) >= 11 is 0. The Kier molecular flexibility index (Phi) is 3.72. The van der Waals surface area contributed by atoms with Crippen LogP contribution in [0.25, 0.3) is 0 Å². The third kappa shape index (κ3) is 2.89. The van der Waals surface area contributed by atoms with Crippen molar-refractivity contribution in [1.29, 1.82) is 0 Å². The molecular weight excluding hydrogens is 302 g/mol. The largest absolute Gasteiger partial charge is 0.504 e. The highest BCUT2D eigenvalue weighted by atomic mass is 32.2. The van der Waals surface area contributed by atoms with Gasteiger partial charge in [0.05, 0.1) is 19.0 Å². The van der Waals surface area contributed by atoms with E-state index in [-0.39, 0.29) is 17.2 Å². The van der Waals surface area contributed by atoms with Crippen molar-refractivity contribution in [3.63, 3.8) is 0 Å². The summed E-state index contributed by atoms with van der Waals surface area (Å²) in [5.74, 6) is -1.52. The fourth-order valence-corrected chi connectivity index (χ4v) is 2.73. The Labute approximate surface area is 119 Å². The van der Waals surface area contributed by atoms with Gasteiger partial charge in [-0.1, -0.05) is 0 Å². The predicted molar refractivity (Wildman–Crippen MR) is 71.0 cm³/mol. The molecule has 0 unspecified atom stereocenters. The number of ether oxygens (including phenoxy) is 1. The number of anilines is 1. The minimum atomic E-state index is -4.18. The minimum Gasteiger partial charge on any atom is -0.504 e. The van der Waals surface area contributed by atoms with Gasteiger partial charge in [-0.15, -0.1) is 0 Å². The summed E-state index contributed by atoms with van der Waals surface area (Å²) < 4.78 is 31.2. The van der Waals surface area contributed by atoms with E-state index >= 15 is 0 Å². The van der Waals surface area contributed by atoms with Crippen LogP contribution >= 0.6 is 0 Å². The molecule has 1 heterocycles. The van der Waals surface area contributed by atoms with Gasteiger partial charge in [-0.2, -0.15) is 13.5 Å². The van der Waals surface area contributed by atoms with Gasteiger partial charge in [-0.05, 0) is 12.1 Å². The summed E-state index contributed by atoms with van der Waals surface area (Å²) in [4.78, 5) is 10.9. The van der Waals surface area contributed by atoms with Crippen molar-refractivity contribution >= 4 is 21.7 Å². The number of carbonyl (C=O) groups is 1. The Morgan fingerprint density at radius 3 is 2.71 bits per heavy atom. The highest BCUT2D eigenvalue weighted by Gasteiger charge is 2.25. The van der Waals surface area contributed by atoms with Crippen LogP contribution in [-0.4, -0.2) is 41.9 Å². The molecule has 0 aliphatic heterocycles. The van der Waals surface area contributed by atoms with Crippen LogP contribution in [0.2, 0.25) is 0 Å². The lowest BCUT2D eigenvalue weighted by atomic mass is 10.3. The van der Waals surface area contributed by atoms with E-state index in [0.29, 0.717) is 0 Å². The molecule has 9 nitrogen and oxygen atoms in total. The molecule has 0 spiro atoms. The number of carboxylic acid groups (broad SMARTS) is 1. The van der Waals surface area contributed by atoms with Gasteiger partial charge in [-0.25, -0.2) is 4.79 Å². The monoisotopic (exact) mass is 313 g/mol. The lowest BCUT2D eigenvalue weighted by Gasteiger charge is -2.09. The second kappa shape index (κ2) is 5.32. The number of hydrogen-bond acceptors (Lipinski definition) is 6. The Bertz CT molecular complexity index is 783. The molecule has 0 radical (unpaired) electrons. The van der Waals surface area contributed by atoms with Crippen molar-refractivity contribution in [3.8, 4) is 11.5 Å². The number of benzene rings is 1. The third-order valence-corrected chi connectivity index (χ3v) is 3.89. The number of methoxy groups -OCH3 is 1. The normalized spacial score (nSPS) is 11.1. The summed E-state index contributed by atoms with van der Waals surface area (Å²) in [7, 11) is -2.83. The number of aromatic hydroxyl groups is 1. The quantitative estimate of drug-likeness (QED) is 0.634. The number of nitrogens with one attached hydrogen (secondary N) is 2. The van der Waals surface area contributed by atoms with Crippen LogP contribution in [0.3, 0.4) is 0 Å². The third-order valence-electron chi connectivity index (χ3n) is 2.53. The number of sulfonamides is 1. The Morgan fingerprint density at radius 1 is 1.43 bits per heavy atom. The molecule has 112 valence electrons. The van der Waals surface area contributed by atoms with Crippen molar-refractivity contribution in [2.45, 2.75) is 5.03 Å². The van der Waals surface area contributed by atoms with E-state index in [0.717, 1.165) is 12.3 Å². The van der Waals surface area contributed by atoms with E-state index < -0.39 is 26.6 Å². The number of carboxylic acids is 1. The van der Waals surface area contributed by atoms with Gasteiger partial charge in [0.15, 0.2) is 16.5 Å². The first-order valence-corrected chi connectivity index (χ1v) is 7.00. The van der Waals surface area contributed by atoms with Crippen molar-refractivity contribution in [3.05, 3.63) is 30.0 Å². The lowest BCUT2D eigenvalue weighted by Crippen LogP contribution is -2.16. The van der Waals surface area contributed by atoms with Crippen molar-refractivity contribution in [1.82, 2.24) is 10.2 Å². The van der Waals surface area contributed by atoms with E-state index in [9.17, 15) is 18.3 Å². The summed E-state index contributed by atoms with van der Waals surface area (Å²) in [6, 6.07) is 3.85. The van der Waals surface area contributed by atoms with Crippen molar-refractivity contribution in [2.75, 3.05) is 11.8 Å². The number of rotatable bonds is 5. The zero-order chi connectivity index (χ0) is 15.6. The number of hydrogen-bond donors (Lipinski definition) is 4. The van der Waals surface area contributed by atoms with Gasteiger partial charge in [0.1, 0.15) is 5.56 Å². The highest BCUT2D eigenvalue weighted by molar-refractivity contribution is 7.92. The summed E-state index contributed by atoms with van der Waals surface area (Å²) in [6.07, 6.45) is 0.891. The van der Waals surface area contributed by atoms with Gasteiger partial charge in [0, 0.05) is 6.07 Å². The highest BCUT2D eigenvalue weighted by Crippen LogP contribution is 2.29. The van der Waals surface area contributed by atoms with Gasteiger partial charge in [0.2, 0.25) is 0 Å². The van der Waals surface area contributed by atoms with Crippen LogP contribution in [0.4, 0.5) is 5.69 Å². The molecule has 0 atom stereocenters. The number of aromatic carboxylic acids is 1. The molecule has 0 amide bonds. The first-order valence-electron chi connectivity index (χ1n) is 5.51. The molecule has 21 heavy (non-hydrogen) atoms. The predicted octanol–water partition coefficient (Wildman–Crippen LogP) is 0.623. The summed E-state index contributed by atoms with van der Waals surface area (Å²) in [5, 5.41) is 23.4. The fourth-order valence-electron chi connectivity index (χ4n) is 1.59. The molecule has 0 saturated heterocycles. The molecule has 10 heteroatoms. The van der Waals surface area contributed by atoms with Gasteiger partial charge < -0.3 is 14.9 Å². The fraction of sp³-hybridized carbons (Fsp3) is 0.0909. The van der Waals surface area contributed by atoms with E-state index in [4.69, 9.17) is 9.84 Å². The number of phenols is 1. The molecule has 0 aliphatic rings. The van der Waals surface area contributed by atoms with Crippen molar-refractivity contribution < 1.29 is 28.2 Å². The van der Waals surface area contributed by atoms with Crippen LogP contribution in [0.5, 0.6) is 11.5 Å². The Balaban J connectivity index is 2.35. The second-order valence-corrected chi connectivity index (χ2v) is 5.53. The summed E-state index contributed by atoms with van der Waals surface area (Å²) in [5.41, 5.74) is -0.445. The zero-order valence-corrected chi connectivity index (χ0v) is 11.5. The van der Waals surface area contributed by atoms with E-state index in [2.05, 4.69) is 14.9 Å². The van der Waals surface area contributed by atoms with E-state index in [1.807, 2.05) is 0 Å². The first-order chi connectivity index (χ1) is 9.85. The average molecular weight is 313 g/mol. The van der Waals surface area contributed by atoms with Gasteiger partial charge in [-0.3, -0.25) is 9.82 Å². The zero-order valence-electron chi connectivity index (χ0n) is 10.7. The second-order valence-electron chi connectivity index (χ2n) is 3.91. The van der Waals surface area contributed by atoms with Gasteiger partial charge in [0.25, 0.3) is 10.0 Å². The number of nitrogens with zero attached hydrogens (tertiary/aromatic N) is 1. The molecule has 2 aromatic rings. The van der Waals surface area contributed by atoms with Crippen LogP contribution in [-0.2, 0) is 10.0 Å². The maximum Gasteiger partial charge on any atom is 0.340 e. The minimum absolute atomic E-state index is 0.0410. The number of aromatic nitrogens is 2. The molecule has 0 saturated carbocycles. The van der Waals surface area contributed by atoms with Crippen molar-refractivity contribution in [2.24, 2.45) is 0 Å². The molecule has 1 aromatic heterocycles. The van der Waals surface area contributed by atoms with Crippen LogP contribution in [0.1, 0.15) is 10.4 Å². The van der Waals surface area contributed by atoms with Crippen LogP contribution < -0.4 is 9.46 Å². The van der Waals surface area contributed by atoms with Crippen LogP contribution in [0, 0.1) is 0 Å². The molecular formula is C11H11N3O6S. The van der Waals surface area contributed by atoms with Gasteiger partial charge >= 0.3 is 5.97 Å². The molecule has 2 rings (SSSR count). The number of aromatic amines is 1. The SMILES string of the molecule is COc1ccc(NS(=O)(=O)c2[nH]ncc2C(=O)O)cc1O.